The van der Waals surface area contributed by atoms with Crippen LogP contribution < -0.4 is 5.32 Å². The van der Waals surface area contributed by atoms with Crippen LogP contribution in [0.2, 0.25) is 0 Å². The van der Waals surface area contributed by atoms with Crippen LogP contribution in [0.25, 0.3) is 10.8 Å². The Morgan fingerprint density at radius 1 is 1.04 bits per heavy atom. The molecule has 2 nitrogen and oxygen atoms in total. The minimum atomic E-state index is 0.0112. The summed E-state index contributed by atoms with van der Waals surface area (Å²) in [4.78, 5) is 14.5. The second kappa shape index (κ2) is 5.55. The molecule has 3 aromatic rings. The lowest BCUT2D eigenvalue weighted by molar-refractivity contribution is -0.118. The highest BCUT2D eigenvalue weighted by Crippen LogP contribution is 2.51. The first-order valence-electron chi connectivity index (χ1n) is 9.12. The Kier molecular flexibility index (Phi) is 3.38. The van der Waals surface area contributed by atoms with Gasteiger partial charge in [0.25, 0.3) is 0 Å². The molecule has 0 radical (unpaired) electrons. The largest absolute Gasteiger partial charge is 0.358 e. The second-order valence-electron chi connectivity index (χ2n) is 8.15. The molecule has 2 aliphatic rings. The standard InChI is InChI=1S/C23H21NOS/c1-23(2)12-17-21(18(25)13-23)22(19-8-5-11-26-19)20-15-7-4-3-6-14(15)9-10-16(20)24-17/h3-11,22,24H,12-13H2,1-2H3. The summed E-state index contributed by atoms with van der Waals surface area (Å²) in [6.45, 7) is 4.37. The Hall–Kier alpha value is -2.39. The topological polar surface area (TPSA) is 29.1 Å². The molecule has 0 bridgehead atoms. The van der Waals surface area contributed by atoms with Gasteiger partial charge in [-0.25, -0.2) is 0 Å². The number of benzene rings is 2. The van der Waals surface area contributed by atoms with E-state index in [1.807, 2.05) is 0 Å². The molecule has 3 heteroatoms. The van der Waals surface area contributed by atoms with E-state index in [2.05, 4.69) is 73.1 Å². The molecule has 2 heterocycles. The number of fused-ring (bicyclic) bond motifs is 3. The Balaban J connectivity index is 1.82. The van der Waals surface area contributed by atoms with Gasteiger partial charge in [-0.2, -0.15) is 0 Å². The highest BCUT2D eigenvalue weighted by molar-refractivity contribution is 7.10. The molecule has 26 heavy (non-hydrogen) atoms. The monoisotopic (exact) mass is 359 g/mol. The fraction of sp³-hybridized carbons (Fsp3) is 0.261. The van der Waals surface area contributed by atoms with E-state index in [1.165, 1.54) is 21.2 Å². The predicted octanol–water partition coefficient (Wildman–Crippen LogP) is 6.10. The Morgan fingerprint density at radius 2 is 1.88 bits per heavy atom. The Labute approximate surface area is 157 Å². The lowest BCUT2D eigenvalue weighted by atomic mass is 9.69. The van der Waals surface area contributed by atoms with Crippen LogP contribution in [0.1, 0.15) is 43.0 Å². The maximum absolute atomic E-state index is 13.2. The molecular formula is C23H21NOS. The van der Waals surface area contributed by atoms with Crippen LogP contribution in [0.5, 0.6) is 0 Å². The average molecular weight is 359 g/mol. The first-order chi connectivity index (χ1) is 12.5. The lowest BCUT2D eigenvalue weighted by Gasteiger charge is -2.39. The van der Waals surface area contributed by atoms with Crippen molar-refractivity contribution in [2.75, 3.05) is 5.32 Å². The molecule has 1 unspecified atom stereocenters. The molecule has 1 N–H and O–H groups in total. The number of nitrogens with one attached hydrogen (secondary N) is 1. The summed E-state index contributed by atoms with van der Waals surface area (Å²) < 4.78 is 0. The van der Waals surface area contributed by atoms with Gasteiger partial charge >= 0.3 is 0 Å². The highest BCUT2D eigenvalue weighted by Gasteiger charge is 2.41. The summed E-state index contributed by atoms with van der Waals surface area (Å²) in [6, 6.07) is 17.1. The second-order valence-corrected chi connectivity index (χ2v) is 9.13. The maximum atomic E-state index is 13.2. The minimum absolute atomic E-state index is 0.0112. The van der Waals surface area contributed by atoms with E-state index < -0.39 is 0 Å². The number of carbonyl (C=O) groups excluding carboxylic acids is 1. The molecule has 5 rings (SSSR count). The molecule has 0 spiro atoms. The van der Waals surface area contributed by atoms with E-state index in [9.17, 15) is 4.79 Å². The molecule has 1 aromatic heterocycles. The van der Waals surface area contributed by atoms with Crippen molar-refractivity contribution in [3.63, 3.8) is 0 Å². The van der Waals surface area contributed by atoms with E-state index in [1.54, 1.807) is 11.3 Å². The number of carbonyl (C=O) groups is 1. The van der Waals surface area contributed by atoms with Crippen LogP contribution in [-0.4, -0.2) is 5.78 Å². The van der Waals surface area contributed by atoms with Crippen LogP contribution in [0, 0.1) is 5.41 Å². The van der Waals surface area contributed by atoms with Crippen molar-refractivity contribution < 1.29 is 4.79 Å². The van der Waals surface area contributed by atoms with E-state index in [-0.39, 0.29) is 11.3 Å². The number of Topliss-reactive ketones (excluding diaryl/α,β-unsaturated/α-hetero) is 1. The number of ketones is 1. The Bertz CT molecular complexity index is 1060. The number of anilines is 1. The predicted molar refractivity (Wildman–Crippen MR) is 109 cm³/mol. The van der Waals surface area contributed by atoms with Gasteiger partial charge in [0, 0.05) is 28.3 Å². The van der Waals surface area contributed by atoms with Crippen molar-refractivity contribution >= 4 is 33.6 Å². The van der Waals surface area contributed by atoms with E-state index in [4.69, 9.17) is 0 Å². The van der Waals surface area contributed by atoms with Gasteiger partial charge in [0.05, 0.1) is 5.92 Å². The van der Waals surface area contributed by atoms with Gasteiger partial charge in [0.15, 0.2) is 5.78 Å². The van der Waals surface area contributed by atoms with Gasteiger partial charge in [0.1, 0.15) is 0 Å². The smallest absolute Gasteiger partial charge is 0.162 e. The third-order valence-electron chi connectivity index (χ3n) is 5.58. The van der Waals surface area contributed by atoms with Crippen LogP contribution in [0.4, 0.5) is 5.69 Å². The van der Waals surface area contributed by atoms with Crippen molar-refractivity contribution in [3.8, 4) is 0 Å². The summed E-state index contributed by atoms with van der Waals surface area (Å²) >= 11 is 1.75. The fourth-order valence-electron chi connectivity index (χ4n) is 4.54. The molecule has 1 aliphatic carbocycles. The molecule has 0 fully saturated rings. The normalized spacial score (nSPS) is 21.3. The van der Waals surface area contributed by atoms with Crippen LogP contribution in [-0.2, 0) is 4.79 Å². The number of allylic oxidation sites excluding steroid dienone is 2. The number of thiophene rings is 1. The van der Waals surface area contributed by atoms with Crippen molar-refractivity contribution in [2.24, 2.45) is 5.41 Å². The quantitative estimate of drug-likeness (QED) is 0.568. The molecule has 1 aliphatic heterocycles. The van der Waals surface area contributed by atoms with Crippen LogP contribution in [0.3, 0.4) is 0 Å². The minimum Gasteiger partial charge on any atom is -0.358 e. The zero-order chi connectivity index (χ0) is 17.9. The van der Waals surface area contributed by atoms with Crippen molar-refractivity contribution in [1.82, 2.24) is 0 Å². The first-order valence-corrected chi connectivity index (χ1v) is 10.00. The average Bonchev–Trinajstić information content (AvgIpc) is 3.13. The van der Waals surface area contributed by atoms with Crippen molar-refractivity contribution in [3.05, 3.63) is 75.6 Å². The number of hydrogen-bond donors (Lipinski definition) is 1. The molecule has 0 saturated heterocycles. The molecule has 2 aromatic carbocycles. The van der Waals surface area contributed by atoms with Gasteiger partial charge < -0.3 is 5.32 Å². The van der Waals surface area contributed by atoms with E-state index in [0.717, 1.165) is 23.4 Å². The van der Waals surface area contributed by atoms with Gasteiger partial charge in [-0.05, 0) is 45.7 Å². The lowest BCUT2D eigenvalue weighted by Crippen LogP contribution is -2.33. The third kappa shape index (κ3) is 2.34. The summed E-state index contributed by atoms with van der Waals surface area (Å²) in [5, 5.41) is 8.20. The molecule has 1 atom stereocenters. The summed E-state index contributed by atoms with van der Waals surface area (Å²) in [5.41, 5.74) is 4.50. The van der Waals surface area contributed by atoms with Crippen LogP contribution >= 0.6 is 11.3 Å². The summed E-state index contributed by atoms with van der Waals surface area (Å²) in [7, 11) is 0. The summed E-state index contributed by atoms with van der Waals surface area (Å²) in [5.74, 6) is 0.330. The number of hydrogen-bond acceptors (Lipinski definition) is 3. The van der Waals surface area contributed by atoms with Gasteiger partial charge in [-0.3, -0.25) is 4.79 Å². The maximum Gasteiger partial charge on any atom is 0.162 e. The zero-order valence-corrected chi connectivity index (χ0v) is 15.8. The van der Waals surface area contributed by atoms with Gasteiger partial charge in [0.2, 0.25) is 0 Å². The van der Waals surface area contributed by atoms with E-state index in [0.29, 0.717) is 12.2 Å². The summed E-state index contributed by atoms with van der Waals surface area (Å²) in [6.07, 6.45) is 1.54. The highest BCUT2D eigenvalue weighted by atomic mass is 32.1. The van der Waals surface area contributed by atoms with Crippen molar-refractivity contribution in [1.29, 1.82) is 0 Å². The molecule has 0 saturated carbocycles. The first kappa shape index (κ1) is 15.8. The SMILES string of the molecule is CC1(C)CC(=O)C2=C(C1)Nc1ccc3ccccc3c1C2c1cccs1. The third-order valence-corrected chi connectivity index (χ3v) is 6.52. The van der Waals surface area contributed by atoms with Gasteiger partial charge in [-0.15, -0.1) is 11.3 Å². The fourth-order valence-corrected chi connectivity index (χ4v) is 5.39. The zero-order valence-electron chi connectivity index (χ0n) is 15.0. The van der Waals surface area contributed by atoms with Gasteiger partial charge in [-0.1, -0.05) is 50.2 Å². The Morgan fingerprint density at radius 3 is 2.69 bits per heavy atom. The van der Waals surface area contributed by atoms with E-state index >= 15 is 0 Å². The van der Waals surface area contributed by atoms with Crippen LogP contribution in [0.15, 0.2) is 65.2 Å². The molecule has 130 valence electrons. The molecular weight excluding hydrogens is 338 g/mol. The molecule has 0 amide bonds. The van der Waals surface area contributed by atoms with Crippen molar-refractivity contribution in [2.45, 2.75) is 32.6 Å². The number of rotatable bonds is 1.